The fourth-order valence-electron chi connectivity index (χ4n) is 0.371. The van der Waals surface area contributed by atoms with Crippen molar-refractivity contribution in [2.75, 3.05) is 0 Å². The number of hydrazone groups is 1. The minimum atomic E-state index is -0.208. The molecule has 12 heteroatoms. The van der Waals surface area contributed by atoms with Gasteiger partial charge in [-0.2, -0.15) is 27.0 Å². The van der Waals surface area contributed by atoms with E-state index in [4.69, 9.17) is 22.8 Å². The molecule has 0 aliphatic heterocycles. The number of hydrazine groups is 3. The van der Waals surface area contributed by atoms with E-state index < -0.39 is 0 Å². The molecule has 0 radical (unpaired) electrons. The Morgan fingerprint density at radius 3 is 2.27 bits per heavy atom. The molecule has 0 atom stereocenters. The van der Waals surface area contributed by atoms with E-state index in [0.717, 1.165) is 0 Å². The Morgan fingerprint density at radius 2 is 2.13 bits per heavy atom. The SMILES string of the molecule is N#Cc1nnn([O-])n1.NNC(NN)=[NH+]N. The maximum Gasteiger partial charge on any atom is 0.398 e. The van der Waals surface area contributed by atoms with Gasteiger partial charge in [-0.15, -0.1) is 5.10 Å². The molecule has 0 aliphatic carbocycles. The van der Waals surface area contributed by atoms with Crippen LogP contribution < -0.4 is 33.5 Å². The van der Waals surface area contributed by atoms with E-state index in [-0.39, 0.29) is 16.7 Å². The van der Waals surface area contributed by atoms with Gasteiger partial charge in [0.2, 0.25) is 0 Å². The van der Waals surface area contributed by atoms with Gasteiger partial charge >= 0.3 is 5.96 Å². The first-order chi connectivity index (χ1) is 7.17. The van der Waals surface area contributed by atoms with Crippen molar-refractivity contribution in [3.8, 4) is 6.07 Å². The minimum absolute atomic E-state index is 0.0153. The number of guanidine groups is 1. The first-order valence-electron chi connectivity index (χ1n) is 3.32. The Hall–Kier alpha value is -2.65. The third-order valence-corrected chi connectivity index (χ3v) is 0.929. The van der Waals surface area contributed by atoms with Gasteiger partial charge in [0, 0.05) is 0 Å². The van der Waals surface area contributed by atoms with E-state index in [1.54, 1.807) is 6.07 Å². The molecule has 0 spiro atoms. The molecular weight excluding hydrogens is 206 g/mol. The summed E-state index contributed by atoms with van der Waals surface area (Å²) in [5, 5.41) is 29.0. The van der Waals surface area contributed by atoms with Crippen LogP contribution in [0.15, 0.2) is 0 Å². The van der Waals surface area contributed by atoms with Crippen molar-refractivity contribution in [1.82, 2.24) is 31.2 Å². The van der Waals surface area contributed by atoms with Gasteiger partial charge in [-0.3, -0.25) is 5.84 Å². The van der Waals surface area contributed by atoms with Gasteiger partial charge in [0.15, 0.2) is 0 Å². The summed E-state index contributed by atoms with van der Waals surface area (Å²) >= 11 is 0. The lowest BCUT2D eigenvalue weighted by molar-refractivity contribution is -0.474. The first-order valence-corrected chi connectivity index (χ1v) is 3.32. The highest BCUT2D eigenvalue weighted by atomic mass is 16.5. The summed E-state index contributed by atoms with van der Waals surface area (Å²) in [6.07, 6.45) is 0. The van der Waals surface area contributed by atoms with Crippen molar-refractivity contribution in [3.63, 3.8) is 0 Å². The number of nitriles is 1. The summed E-state index contributed by atoms with van der Waals surface area (Å²) in [5.41, 5.74) is 4.29. The van der Waals surface area contributed by atoms with E-state index in [0.29, 0.717) is 0 Å². The maximum absolute atomic E-state index is 9.93. The van der Waals surface area contributed by atoms with Gasteiger partial charge in [-0.1, -0.05) is 10.3 Å². The number of tetrazole rings is 1. The zero-order chi connectivity index (χ0) is 11.7. The standard InChI is InChI=1S/C2N5O.CH8N6/c3-1-2-4-6-7(8)5-2;2-5-1(6-3)7-4/h;2-4H2,(H2,5,6,7)/q-1;/p+1. The van der Waals surface area contributed by atoms with E-state index in [9.17, 15) is 5.21 Å². The molecule has 0 unspecified atom stereocenters. The third kappa shape index (κ3) is 4.82. The van der Waals surface area contributed by atoms with Crippen LogP contribution in [0.25, 0.3) is 0 Å². The zero-order valence-electron chi connectivity index (χ0n) is 7.38. The first kappa shape index (κ1) is 12.3. The van der Waals surface area contributed by atoms with Crippen molar-refractivity contribution in [3.05, 3.63) is 11.0 Å². The molecule has 1 rings (SSSR count). The number of rotatable bonds is 0. The number of hydrogen-bond acceptors (Lipinski definition) is 8. The molecule has 0 fully saturated rings. The van der Waals surface area contributed by atoms with Gasteiger partial charge < -0.3 is 5.21 Å². The second kappa shape index (κ2) is 6.82. The lowest BCUT2D eigenvalue weighted by Crippen LogP contribution is -2.86. The molecule has 1 aromatic heterocycles. The van der Waals surface area contributed by atoms with Crippen molar-refractivity contribution in [2.45, 2.75) is 0 Å². The normalized spacial score (nSPS) is 7.80. The van der Waals surface area contributed by atoms with Crippen LogP contribution in [-0.2, 0) is 0 Å². The maximum atomic E-state index is 9.93. The van der Waals surface area contributed by atoms with Crippen LogP contribution in [0.2, 0.25) is 0 Å². The van der Waals surface area contributed by atoms with Gasteiger partial charge in [-0.25, -0.2) is 10.9 Å². The van der Waals surface area contributed by atoms with Crippen LogP contribution in [0.1, 0.15) is 5.82 Å². The number of nitrogens with zero attached hydrogens (tertiary/aromatic N) is 5. The summed E-state index contributed by atoms with van der Waals surface area (Å²) in [6, 6.07) is 1.54. The monoisotopic (exact) mass is 215 g/mol. The van der Waals surface area contributed by atoms with Gasteiger partial charge in [0.1, 0.15) is 6.07 Å². The third-order valence-electron chi connectivity index (χ3n) is 0.929. The molecule has 0 saturated heterocycles. The van der Waals surface area contributed by atoms with E-state index >= 15 is 0 Å². The predicted octanol–water partition coefficient (Wildman–Crippen LogP) is -5.89. The molecule has 0 aromatic carbocycles. The Labute approximate surface area is 83.2 Å². The van der Waals surface area contributed by atoms with Gasteiger partial charge in [-0.05, 0) is 0 Å². The second-order valence-electron chi connectivity index (χ2n) is 1.79. The van der Waals surface area contributed by atoms with Crippen LogP contribution in [0.4, 0.5) is 0 Å². The molecule has 9 N–H and O–H groups in total. The highest BCUT2D eigenvalue weighted by Gasteiger charge is 1.92. The summed E-state index contributed by atoms with van der Waals surface area (Å²) in [6.45, 7) is 0. The average Bonchev–Trinajstić information content (AvgIpc) is 2.68. The Morgan fingerprint density at radius 1 is 1.53 bits per heavy atom. The Bertz CT molecular complexity index is 341. The lowest BCUT2D eigenvalue weighted by Gasteiger charge is -1.91. The average molecular weight is 215 g/mol. The number of hydrogen-bond donors (Lipinski definition) is 6. The quantitative estimate of drug-likeness (QED) is 0.104. The summed E-state index contributed by atoms with van der Waals surface area (Å²) in [4.78, 5) is -0.0153. The van der Waals surface area contributed by atoms with E-state index in [2.05, 4.69) is 31.4 Å². The molecule has 12 nitrogen and oxygen atoms in total. The predicted molar refractivity (Wildman–Crippen MR) is 46.1 cm³/mol. The highest BCUT2D eigenvalue weighted by molar-refractivity contribution is 5.72. The molecule has 1 aromatic rings. The molecule has 0 amide bonds. The lowest BCUT2D eigenvalue weighted by atomic mass is 10.7. The molecule has 1 heterocycles. The molecule has 82 valence electrons. The summed E-state index contributed by atoms with van der Waals surface area (Å²) in [5.74, 6) is 14.5. The highest BCUT2D eigenvalue weighted by Crippen LogP contribution is 1.76. The molecule has 0 bridgehead atoms. The van der Waals surface area contributed by atoms with Gasteiger partial charge in [0.05, 0.1) is 0 Å². The van der Waals surface area contributed by atoms with Gasteiger partial charge in [0.25, 0.3) is 5.82 Å². The second-order valence-corrected chi connectivity index (χ2v) is 1.79. The summed E-state index contributed by atoms with van der Waals surface area (Å²) in [7, 11) is 0. The largest absolute Gasteiger partial charge is 0.773 e. The fourth-order valence-corrected chi connectivity index (χ4v) is 0.371. The van der Waals surface area contributed by atoms with E-state index in [1.807, 2.05) is 0 Å². The minimum Gasteiger partial charge on any atom is -0.773 e. The zero-order valence-corrected chi connectivity index (χ0v) is 7.38. The smallest absolute Gasteiger partial charge is 0.398 e. The topological polar surface area (TPSA) is 207 Å². The van der Waals surface area contributed by atoms with Crippen LogP contribution in [-0.4, -0.2) is 26.3 Å². The van der Waals surface area contributed by atoms with Crippen LogP contribution in [0, 0.1) is 16.5 Å². The number of aromatic nitrogens is 4. The van der Waals surface area contributed by atoms with Crippen molar-refractivity contribution >= 4 is 5.96 Å². The Balaban J connectivity index is 0.000000265. The van der Waals surface area contributed by atoms with Crippen LogP contribution >= 0.6 is 0 Å². The molecule has 0 aliphatic rings. The molecular formula is C3H9N11O. The van der Waals surface area contributed by atoms with E-state index in [1.165, 1.54) is 0 Å². The fraction of sp³-hybridized carbons (Fsp3) is 0. The number of nitrogens with one attached hydrogen (secondary N) is 3. The molecule has 0 saturated carbocycles. The molecule has 15 heavy (non-hydrogen) atoms. The Kier molecular flexibility index (Phi) is 5.62. The van der Waals surface area contributed by atoms with Crippen molar-refractivity contribution in [2.24, 2.45) is 17.5 Å². The van der Waals surface area contributed by atoms with Crippen LogP contribution in [0.3, 0.4) is 0 Å². The van der Waals surface area contributed by atoms with Crippen LogP contribution in [0.5, 0.6) is 0 Å². The van der Waals surface area contributed by atoms with Crippen molar-refractivity contribution in [1.29, 1.82) is 5.26 Å². The summed E-state index contributed by atoms with van der Waals surface area (Å²) < 4.78 is 0. The number of nitrogens with two attached hydrogens (primary N) is 3. The van der Waals surface area contributed by atoms with Crippen molar-refractivity contribution < 1.29 is 5.10 Å².